The van der Waals surface area contributed by atoms with Crippen LogP contribution in [0.4, 0.5) is 0 Å². The Balaban J connectivity index is 1.27. The molecule has 0 unspecified atom stereocenters. The largest absolute Gasteiger partial charge is 0.478 e. The number of aryl methyl sites for hydroxylation is 2. The van der Waals surface area contributed by atoms with Gasteiger partial charge in [0.05, 0.1) is 32.6 Å². The van der Waals surface area contributed by atoms with Gasteiger partial charge in [0.1, 0.15) is 29.6 Å². The number of halogens is 2. The van der Waals surface area contributed by atoms with Crippen molar-refractivity contribution in [3.8, 4) is 28.6 Å². The van der Waals surface area contributed by atoms with E-state index < -0.39 is 5.97 Å². The molecule has 0 radical (unpaired) electrons. The van der Waals surface area contributed by atoms with Crippen molar-refractivity contribution < 1.29 is 23.9 Å². The average Bonchev–Trinajstić information content (AvgIpc) is 3.65. The van der Waals surface area contributed by atoms with Gasteiger partial charge in [-0.15, -0.1) is 0 Å². The Morgan fingerprint density at radius 3 is 2.61 bits per heavy atom. The molecule has 1 N–H and O–H groups in total. The first-order valence-corrected chi connectivity index (χ1v) is 12.2. The average molecular weight is 524 g/mol. The number of carbonyl (C=O) groups is 1. The summed E-state index contributed by atoms with van der Waals surface area (Å²) in [6, 6.07) is 10.3. The summed E-state index contributed by atoms with van der Waals surface area (Å²) in [6.07, 6.45) is 4.53. The summed E-state index contributed by atoms with van der Waals surface area (Å²) in [5.41, 5.74) is 3.44. The van der Waals surface area contributed by atoms with Gasteiger partial charge in [0.25, 0.3) is 0 Å². The third-order valence-corrected chi connectivity index (χ3v) is 6.86. The van der Waals surface area contributed by atoms with Crippen molar-refractivity contribution in [2.24, 2.45) is 0 Å². The third kappa shape index (κ3) is 4.27. The van der Waals surface area contributed by atoms with Crippen molar-refractivity contribution in [2.45, 2.75) is 38.2 Å². The molecule has 0 spiro atoms. The lowest BCUT2D eigenvalue weighted by Crippen LogP contribution is -2.03. The van der Waals surface area contributed by atoms with Crippen molar-refractivity contribution in [3.05, 3.63) is 80.9 Å². The first-order valence-electron chi connectivity index (χ1n) is 11.4. The summed E-state index contributed by atoms with van der Waals surface area (Å²) in [5, 5.41) is 14.5. The third-order valence-electron chi connectivity index (χ3n) is 6.23. The Bertz CT molecular complexity index is 1480. The van der Waals surface area contributed by atoms with Crippen LogP contribution in [0.2, 0.25) is 10.0 Å². The van der Waals surface area contributed by atoms with Gasteiger partial charge in [-0.2, -0.15) is 0 Å². The van der Waals surface area contributed by atoms with Crippen LogP contribution in [0.25, 0.3) is 11.3 Å². The van der Waals surface area contributed by atoms with Gasteiger partial charge >= 0.3 is 5.97 Å². The number of aromatic nitrogens is 3. The van der Waals surface area contributed by atoms with Crippen molar-refractivity contribution in [1.29, 1.82) is 0 Å². The fourth-order valence-corrected chi connectivity index (χ4v) is 4.81. The van der Waals surface area contributed by atoms with Gasteiger partial charge in [-0.1, -0.05) is 34.4 Å². The second-order valence-electron chi connectivity index (χ2n) is 8.70. The van der Waals surface area contributed by atoms with Crippen LogP contribution in [0.15, 0.2) is 47.1 Å². The summed E-state index contributed by atoms with van der Waals surface area (Å²) in [4.78, 5) is 20.2. The number of aromatic carboxylic acids is 1. The lowest BCUT2D eigenvalue weighted by Gasteiger charge is -2.11. The molecule has 182 valence electrons. The van der Waals surface area contributed by atoms with Crippen LogP contribution in [0.5, 0.6) is 17.4 Å². The highest BCUT2D eigenvalue weighted by atomic mass is 35.5. The zero-order chi connectivity index (χ0) is 24.8. The quantitative estimate of drug-likeness (QED) is 0.305. The molecule has 6 rings (SSSR count). The number of ether oxygens (including phenoxy) is 2. The lowest BCUT2D eigenvalue weighted by molar-refractivity contribution is 0.0696. The zero-order valence-electron chi connectivity index (χ0n) is 18.8. The van der Waals surface area contributed by atoms with Crippen LogP contribution in [-0.4, -0.2) is 26.2 Å². The fraction of sp³-hybridized carbons (Fsp3) is 0.231. The molecule has 1 aliphatic carbocycles. The Kier molecular flexibility index (Phi) is 5.78. The maximum Gasteiger partial charge on any atom is 0.337 e. The Labute approximate surface area is 215 Å². The molecule has 0 atom stereocenters. The fourth-order valence-electron chi connectivity index (χ4n) is 4.24. The first-order chi connectivity index (χ1) is 17.5. The molecule has 0 amide bonds. The van der Waals surface area contributed by atoms with Crippen molar-refractivity contribution in [2.75, 3.05) is 0 Å². The number of rotatable bonds is 6. The second-order valence-corrected chi connectivity index (χ2v) is 9.52. The van der Waals surface area contributed by atoms with Crippen LogP contribution in [-0.2, 0) is 19.4 Å². The van der Waals surface area contributed by atoms with Crippen molar-refractivity contribution >= 4 is 29.2 Å². The zero-order valence-corrected chi connectivity index (χ0v) is 20.3. The summed E-state index contributed by atoms with van der Waals surface area (Å²) in [6.45, 7) is 0.183. The van der Waals surface area contributed by atoms with Gasteiger partial charge in [0, 0.05) is 23.7 Å². The molecule has 10 heteroatoms. The molecule has 3 aromatic heterocycles. The molecule has 1 saturated carbocycles. The SMILES string of the molecule is O=C(O)c1cnc2c(c1)Oc1ccc(OCc3c(-c4c(Cl)cccc4Cl)noc3C3CC3)nc1CC2. The highest BCUT2D eigenvalue weighted by Crippen LogP contribution is 2.46. The predicted octanol–water partition coefficient (Wildman–Crippen LogP) is 6.48. The monoisotopic (exact) mass is 523 g/mol. The number of hydrogen-bond donors (Lipinski definition) is 1. The van der Waals surface area contributed by atoms with E-state index in [0.29, 0.717) is 68.8 Å². The van der Waals surface area contributed by atoms with E-state index in [1.165, 1.54) is 12.3 Å². The smallest absolute Gasteiger partial charge is 0.337 e. The molecule has 0 saturated heterocycles. The molecule has 1 fully saturated rings. The Hall–Kier alpha value is -3.62. The lowest BCUT2D eigenvalue weighted by atomic mass is 10.0. The maximum absolute atomic E-state index is 11.3. The van der Waals surface area contributed by atoms with E-state index in [1.807, 2.05) is 0 Å². The van der Waals surface area contributed by atoms with Crippen molar-refractivity contribution in [1.82, 2.24) is 15.1 Å². The van der Waals surface area contributed by atoms with Gasteiger partial charge in [-0.3, -0.25) is 4.98 Å². The molecule has 4 heterocycles. The maximum atomic E-state index is 11.3. The van der Waals surface area contributed by atoms with Crippen LogP contribution in [0, 0.1) is 0 Å². The Morgan fingerprint density at radius 2 is 1.86 bits per heavy atom. The van der Waals surface area contributed by atoms with Crippen molar-refractivity contribution in [3.63, 3.8) is 0 Å². The first kappa shape index (κ1) is 22.8. The van der Waals surface area contributed by atoms with E-state index in [0.717, 1.165) is 24.2 Å². The minimum absolute atomic E-state index is 0.0692. The molecular formula is C26H19Cl2N3O5. The van der Waals surface area contributed by atoms with Crippen LogP contribution in [0.3, 0.4) is 0 Å². The van der Waals surface area contributed by atoms with E-state index in [-0.39, 0.29) is 12.2 Å². The van der Waals surface area contributed by atoms with E-state index >= 15 is 0 Å². The van der Waals surface area contributed by atoms with E-state index in [4.69, 9.17) is 37.2 Å². The minimum atomic E-state index is -1.06. The summed E-state index contributed by atoms with van der Waals surface area (Å²) >= 11 is 12.9. The number of benzene rings is 1. The number of nitrogens with zero attached hydrogens (tertiary/aromatic N) is 3. The standard InChI is InChI=1S/C26H19Cl2N3O5/c27-16-2-1-3-17(28)23(16)24-15(25(36-31-24)13-4-5-13)12-34-22-9-8-20-19(30-22)7-6-18-21(35-20)10-14(11-29-18)26(32)33/h1-3,8-11,13H,4-7,12H2,(H,32,33). The normalized spacial score (nSPS) is 14.4. The molecule has 1 aliphatic heterocycles. The minimum Gasteiger partial charge on any atom is -0.478 e. The number of fused-ring (bicyclic) bond motifs is 2. The number of carboxylic acid groups (broad SMARTS) is 1. The second kappa shape index (κ2) is 9.11. The van der Waals surface area contributed by atoms with Gasteiger partial charge < -0.3 is 19.1 Å². The van der Waals surface area contributed by atoms with Gasteiger partial charge in [0.15, 0.2) is 0 Å². The number of carboxylic acids is 1. The summed E-state index contributed by atoms with van der Waals surface area (Å²) < 4.78 is 17.8. The van der Waals surface area contributed by atoms with Gasteiger partial charge in [-0.05, 0) is 49.9 Å². The molecular weight excluding hydrogens is 505 g/mol. The highest BCUT2D eigenvalue weighted by Gasteiger charge is 2.34. The van der Waals surface area contributed by atoms with Crippen LogP contribution < -0.4 is 9.47 Å². The number of hydrogen-bond acceptors (Lipinski definition) is 7. The van der Waals surface area contributed by atoms with Gasteiger partial charge in [0.2, 0.25) is 5.88 Å². The molecule has 2 aliphatic rings. The predicted molar refractivity (Wildman–Crippen MR) is 131 cm³/mol. The van der Waals surface area contributed by atoms with E-state index in [2.05, 4.69) is 15.1 Å². The van der Waals surface area contributed by atoms with E-state index in [9.17, 15) is 9.90 Å². The summed E-state index contributed by atoms with van der Waals surface area (Å²) in [5.74, 6) is 1.41. The number of pyridine rings is 2. The molecule has 8 nitrogen and oxygen atoms in total. The van der Waals surface area contributed by atoms with E-state index in [1.54, 1.807) is 30.3 Å². The highest BCUT2D eigenvalue weighted by molar-refractivity contribution is 6.39. The van der Waals surface area contributed by atoms with Crippen LogP contribution >= 0.6 is 23.2 Å². The Morgan fingerprint density at radius 1 is 1.08 bits per heavy atom. The molecule has 4 aromatic rings. The molecule has 0 bridgehead atoms. The van der Waals surface area contributed by atoms with Crippen LogP contribution in [0.1, 0.15) is 51.8 Å². The molecule has 1 aromatic carbocycles. The summed E-state index contributed by atoms with van der Waals surface area (Å²) in [7, 11) is 0. The van der Waals surface area contributed by atoms with Gasteiger partial charge in [-0.25, -0.2) is 9.78 Å². The topological polar surface area (TPSA) is 108 Å². The molecule has 36 heavy (non-hydrogen) atoms.